The van der Waals surface area contributed by atoms with Crippen molar-refractivity contribution in [3.63, 3.8) is 0 Å². The number of nitrogens with zero attached hydrogens (tertiary/aromatic N) is 2. The maximum absolute atomic E-state index is 12.7. The lowest BCUT2D eigenvalue weighted by atomic mass is 10.1. The molecule has 0 N–H and O–H groups in total. The maximum atomic E-state index is 12.7. The molecule has 0 aliphatic carbocycles. The Balaban J connectivity index is 2.00. The third-order valence-electron chi connectivity index (χ3n) is 4.79. The number of rotatable bonds is 6. The van der Waals surface area contributed by atoms with Gasteiger partial charge in [-0.2, -0.15) is 13.9 Å². The Morgan fingerprint density at radius 2 is 1.34 bits per heavy atom. The molecule has 3 rings (SSSR count). The Hall–Kier alpha value is -3.60. The Kier molecular flexibility index (Phi) is 6.29. The summed E-state index contributed by atoms with van der Waals surface area (Å²) >= 11 is 0. The molecule has 0 saturated carbocycles. The van der Waals surface area contributed by atoms with Gasteiger partial charge in [0.05, 0.1) is 28.3 Å². The first-order chi connectivity index (χ1) is 14.0. The van der Waals surface area contributed by atoms with Crippen LogP contribution in [-0.2, 0) is 14.1 Å². The second-order valence-electron chi connectivity index (χ2n) is 6.55. The second kappa shape index (κ2) is 9.06. The minimum atomic E-state index is -0.105. The van der Waals surface area contributed by atoms with E-state index in [0.29, 0.717) is 0 Å². The predicted molar refractivity (Wildman–Crippen MR) is 117 cm³/mol. The largest absolute Gasteiger partial charge is 0.498 e. The molecular weight excluding hydrogens is 364 g/mol. The molecule has 0 saturated heterocycles. The summed E-state index contributed by atoms with van der Waals surface area (Å²) in [7, 11) is 6.81. The van der Waals surface area contributed by atoms with Crippen molar-refractivity contribution in [3.8, 4) is 11.5 Å². The van der Waals surface area contributed by atoms with Gasteiger partial charge in [-0.25, -0.2) is 0 Å². The molecule has 0 bridgehead atoms. The molecule has 0 fully saturated rings. The summed E-state index contributed by atoms with van der Waals surface area (Å²) < 4.78 is 14.0. The highest BCUT2D eigenvalue weighted by molar-refractivity contribution is 5.74. The minimum Gasteiger partial charge on any atom is -0.496 e. The Bertz CT molecular complexity index is 1040. The van der Waals surface area contributed by atoms with Gasteiger partial charge in [0.25, 0.3) is 0 Å². The van der Waals surface area contributed by atoms with Gasteiger partial charge in [-0.3, -0.25) is 0 Å². The van der Waals surface area contributed by atoms with Crippen LogP contribution in [0.4, 0.5) is 0 Å². The summed E-state index contributed by atoms with van der Waals surface area (Å²) in [5, 5.41) is 0. The summed E-state index contributed by atoms with van der Waals surface area (Å²) in [6.45, 7) is 0. The zero-order valence-electron chi connectivity index (χ0n) is 17.1. The summed E-state index contributed by atoms with van der Waals surface area (Å²) in [6.07, 6.45) is 7.72. The Labute approximate surface area is 170 Å². The maximum Gasteiger partial charge on any atom is 0.498 e. The van der Waals surface area contributed by atoms with Crippen LogP contribution in [-0.4, -0.2) is 18.8 Å². The molecule has 3 aromatic rings. The molecule has 1 heterocycles. The van der Waals surface area contributed by atoms with Gasteiger partial charge < -0.3 is 9.47 Å². The second-order valence-corrected chi connectivity index (χ2v) is 6.55. The smallest absolute Gasteiger partial charge is 0.496 e. The van der Waals surface area contributed by atoms with Crippen LogP contribution in [0.15, 0.2) is 59.4 Å². The number of hydrogen-bond acceptors (Lipinski definition) is 3. The highest BCUT2D eigenvalue weighted by atomic mass is 16.5. The monoisotopic (exact) mass is 389 g/mol. The number of methoxy groups -OCH3 is 2. The first-order valence-electron chi connectivity index (χ1n) is 9.27. The van der Waals surface area contributed by atoms with Gasteiger partial charge in [-0.1, -0.05) is 36.4 Å². The van der Waals surface area contributed by atoms with E-state index in [1.54, 1.807) is 37.4 Å². The number of hydrogen-bond donors (Lipinski definition) is 0. The predicted octanol–water partition coefficient (Wildman–Crippen LogP) is 3.57. The van der Waals surface area contributed by atoms with E-state index >= 15 is 0 Å². The van der Waals surface area contributed by atoms with E-state index < -0.39 is 0 Å². The fraction of sp³-hybridized carbons (Fsp3) is 0.167. The molecule has 1 aromatic heterocycles. The average molecular weight is 389 g/mol. The molecule has 5 nitrogen and oxygen atoms in total. The van der Waals surface area contributed by atoms with Crippen LogP contribution in [0.3, 0.4) is 0 Å². The molecule has 148 valence electrons. The van der Waals surface area contributed by atoms with Crippen molar-refractivity contribution >= 4 is 24.3 Å². The molecular formula is C24H25N2O3+. The van der Waals surface area contributed by atoms with Gasteiger partial charge in [0.2, 0.25) is 0 Å². The number of benzene rings is 2. The van der Waals surface area contributed by atoms with Crippen molar-refractivity contribution in [1.29, 1.82) is 0 Å². The van der Waals surface area contributed by atoms with Gasteiger partial charge in [-0.05, 0) is 36.4 Å². The van der Waals surface area contributed by atoms with Crippen molar-refractivity contribution < 1.29 is 14.0 Å². The van der Waals surface area contributed by atoms with Gasteiger partial charge in [0.15, 0.2) is 0 Å². The Morgan fingerprint density at radius 3 is 1.90 bits per heavy atom. The molecule has 2 aromatic carbocycles. The fourth-order valence-electron chi connectivity index (χ4n) is 3.07. The lowest BCUT2D eigenvalue weighted by molar-refractivity contribution is -0.692. The van der Waals surface area contributed by atoms with E-state index in [4.69, 9.17) is 9.47 Å². The quantitative estimate of drug-likeness (QED) is 0.606. The van der Waals surface area contributed by atoms with Gasteiger partial charge in [-0.15, -0.1) is 0 Å². The normalized spacial score (nSPS) is 11.3. The van der Waals surface area contributed by atoms with Crippen LogP contribution in [0.2, 0.25) is 0 Å². The van der Waals surface area contributed by atoms with E-state index in [0.717, 1.165) is 34.0 Å². The van der Waals surface area contributed by atoms with Crippen molar-refractivity contribution in [2.24, 2.45) is 14.1 Å². The van der Waals surface area contributed by atoms with Crippen LogP contribution >= 0.6 is 0 Å². The molecule has 0 aliphatic rings. The molecule has 0 atom stereocenters. The van der Waals surface area contributed by atoms with Crippen LogP contribution in [0, 0.1) is 0 Å². The first kappa shape index (κ1) is 20.1. The van der Waals surface area contributed by atoms with Crippen LogP contribution in [0.25, 0.3) is 24.3 Å². The van der Waals surface area contributed by atoms with Crippen molar-refractivity contribution in [3.05, 3.63) is 87.6 Å². The fourth-order valence-corrected chi connectivity index (χ4v) is 3.07. The summed E-state index contributed by atoms with van der Waals surface area (Å²) in [5.74, 6) is 1.57. The SMILES string of the molecule is COc1ccccc1C=Cc1cc(C=Cc2ccccc2OC)[n+](C)c(=O)n1C. The number of para-hydroxylation sites is 2. The van der Waals surface area contributed by atoms with Gasteiger partial charge >= 0.3 is 5.69 Å². The van der Waals surface area contributed by atoms with Crippen LogP contribution in [0.5, 0.6) is 11.5 Å². The molecule has 0 unspecified atom stereocenters. The summed E-state index contributed by atoms with van der Waals surface area (Å²) in [5.41, 5.74) is 3.37. The molecule has 0 radical (unpaired) electrons. The van der Waals surface area contributed by atoms with E-state index in [1.807, 2.05) is 78.9 Å². The zero-order valence-corrected chi connectivity index (χ0v) is 17.1. The molecule has 0 aliphatic heterocycles. The topological polar surface area (TPSA) is 44.3 Å². The lowest BCUT2D eigenvalue weighted by Crippen LogP contribution is -2.53. The van der Waals surface area contributed by atoms with E-state index in [1.165, 1.54) is 0 Å². The average Bonchev–Trinajstić information content (AvgIpc) is 2.76. The van der Waals surface area contributed by atoms with Crippen molar-refractivity contribution in [1.82, 2.24) is 4.57 Å². The molecule has 0 amide bonds. The third-order valence-corrected chi connectivity index (χ3v) is 4.79. The van der Waals surface area contributed by atoms with Crippen LogP contribution < -0.4 is 19.7 Å². The lowest BCUT2D eigenvalue weighted by Gasteiger charge is -2.05. The highest BCUT2D eigenvalue weighted by Crippen LogP contribution is 2.21. The van der Waals surface area contributed by atoms with E-state index in [9.17, 15) is 4.79 Å². The first-order valence-corrected chi connectivity index (χ1v) is 9.27. The van der Waals surface area contributed by atoms with E-state index in [2.05, 4.69) is 0 Å². The summed E-state index contributed by atoms with van der Waals surface area (Å²) in [4.78, 5) is 12.7. The Morgan fingerprint density at radius 1 is 0.828 bits per heavy atom. The van der Waals surface area contributed by atoms with Crippen molar-refractivity contribution in [2.45, 2.75) is 0 Å². The minimum absolute atomic E-state index is 0.105. The van der Waals surface area contributed by atoms with Gasteiger partial charge in [0.1, 0.15) is 22.9 Å². The van der Waals surface area contributed by atoms with E-state index in [-0.39, 0.29) is 5.69 Å². The number of ether oxygens (including phenoxy) is 2. The van der Waals surface area contributed by atoms with Crippen molar-refractivity contribution in [2.75, 3.05) is 14.2 Å². The molecule has 29 heavy (non-hydrogen) atoms. The van der Waals surface area contributed by atoms with Crippen LogP contribution in [0.1, 0.15) is 22.5 Å². The van der Waals surface area contributed by atoms with Gasteiger partial charge in [0, 0.05) is 17.2 Å². The standard InChI is InChI=1S/C24H25N2O3/c1-25-20(15-13-18-9-5-7-11-22(18)28-3)17-21(26(2)24(25)27)16-14-19-10-6-8-12-23(19)29-4/h5-17H,1-4H3/q+1. The third kappa shape index (κ3) is 4.46. The zero-order chi connectivity index (χ0) is 20.8. The highest BCUT2D eigenvalue weighted by Gasteiger charge is 2.13. The summed E-state index contributed by atoms with van der Waals surface area (Å²) in [6, 6.07) is 17.5. The molecule has 5 heteroatoms. The molecule has 0 spiro atoms. The number of aromatic nitrogens is 2.